The van der Waals surface area contributed by atoms with Crippen molar-refractivity contribution in [3.05, 3.63) is 100 Å². The first-order valence-corrected chi connectivity index (χ1v) is 11.4. The van der Waals surface area contributed by atoms with E-state index in [1.807, 2.05) is 12.1 Å². The fourth-order valence-electron chi connectivity index (χ4n) is 5.17. The van der Waals surface area contributed by atoms with Gasteiger partial charge in [-0.1, -0.05) is 65.7 Å². The Bertz CT molecular complexity index is 1280. The molecule has 8 heteroatoms. The topological polar surface area (TPSA) is 75.7 Å². The van der Waals surface area contributed by atoms with Crippen LogP contribution in [0.3, 0.4) is 0 Å². The van der Waals surface area contributed by atoms with E-state index in [1.165, 1.54) is 7.11 Å². The minimum Gasteiger partial charge on any atom is -0.467 e. The molecular weight excluding hydrogens is 475 g/mol. The molecule has 0 spiro atoms. The molecule has 6 nitrogen and oxygen atoms in total. The highest BCUT2D eigenvalue weighted by atomic mass is 35.5. The quantitative estimate of drug-likeness (QED) is 0.426. The minimum atomic E-state index is -1.57. The number of rotatable bonds is 4. The summed E-state index contributed by atoms with van der Waals surface area (Å²) in [5.74, 6) is -3.42. The Morgan fingerprint density at radius 3 is 2.26 bits per heavy atom. The molecular formula is C26H20Cl2N2O4. The van der Waals surface area contributed by atoms with Crippen LogP contribution >= 0.6 is 23.2 Å². The predicted molar refractivity (Wildman–Crippen MR) is 128 cm³/mol. The third-order valence-electron chi connectivity index (χ3n) is 6.59. The van der Waals surface area contributed by atoms with E-state index in [0.29, 0.717) is 26.9 Å². The lowest BCUT2D eigenvalue weighted by atomic mass is 9.75. The normalized spacial score (nSPS) is 26.0. The maximum atomic E-state index is 13.9. The van der Waals surface area contributed by atoms with Crippen molar-refractivity contribution < 1.29 is 19.1 Å². The zero-order valence-corrected chi connectivity index (χ0v) is 19.6. The number of carbonyl (C=O) groups excluding carboxylic acids is 3. The van der Waals surface area contributed by atoms with Gasteiger partial charge in [-0.3, -0.25) is 14.9 Å². The Morgan fingerprint density at radius 1 is 0.912 bits per heavy atom. The Balaban J connectivity index is 1.73. The van der Waals surface area contributed by atoms with Gasteiger partial charge in [0, 0.05) is 16.1 Å². The highest BCUT2D eigenvalue weighted by molar-refractivity contribution is 6.31. The molecule has 3 aromatic rings. The molecule has 0 aliphatic carbocycles. The van der Waals surface area contributed by atoms with E-state index < -0.39 is 41.2 Å². The van der Waals surface area contributed by atoms with E-state index in [9.17, 15) is 14.4 Å². The summed E-state index contributed by atoms with van der Waals surface area (Å²) in [6.45, 7) is 0. The highest BCUT2D eigenvalue weighted by Gasteiger charge is 2.69. The van der Waals surface area contributed by atoms with Crippen molar-refractivity contribution in [3.63, 3.8) is 0 Å². The van der Waals surface area contributed by atoms with Crippen LogP contribution in [0.1, 0.15) is 17.2 Å². The third-order valence-corrected chi connectivity index (χ3v) is 7.08. The van der Waals surface area contributed by atoms with Crippen LogP contribution in [0.15, 0.2) is 78.9 Å². The largest absolute Gasteiger partial charge is 0.467 e. The van der Waals surface area contributed by atoms with Crippen molar-refractivity contribution >= 4 is 46.7 Å². The fourth-order valence-corrected chi connectivity index (χ4v) is 5.50. The van der Waals surface area contributed by atoms with Crippen LogP contribution in [0.4, 0.5) is 5.69 Å². The lowest BCUT2D eigenvalue weighted by Gasteiger charge is -2.33. The van der Waals surface area contributed by atoms with Crippen molar-refractivity contribution in [3.8, 4) is 0 Å². The SMILES string of the molecule is COC(=O)[C@@]1(c2ccccc2)N[C@@H](c2cccc(Cl)c2)[C@H]2C(=O)N(c3ccc(Cl)cc3)C(=O)[C@@H]21. The monoisotopic (exact) mass is 494 g/mol. The van der Waals surface area contributed by atoms with Crippen LogP contribution < -0.4 is 10.2 Å². The van der Waals surface area contributed by atoms with Gasteiger partial charge in [0.2, 0.25) is 11.8 Å². The van der Waals surface area contributed by atoms with E-state index >= 15 is 0 Å². The third kappa shape index (κ3) is 3.33. The average molecular weight is 495 g/mol. The molecule has 3 aromatic carbocycles. The van der Waals surface area contributed by atoms with Gasteiger partial charge in [-0.25, -0.2) is 9.69 Å². The minimum absolute atomic E-state index is 0.394. The van der Waals surface area contributed by atoms with Gasteiger partial charge in [0.15, 0.2) is 5.54 Å². The lowest BCUT2D eigenvalue weighted by Crippen LogP contribution is -2.53. The van der Waals surface area contributed by atoms with E-state index in [0.717, 1.165) is 4.90 Å². The zero-order valence-electron chi connectivity index (χ0n) is 18.1. The number of nitrogens with zero attached hydrogens (tertiary/aromatic N) is 1. The Morgan fingerprint density at radius 2 is 1.62 bits per heavy atom. The van der Waals surface area contributed by atoms with Gasteiger partial charge in [-0.15, -0.1) is 0 Å². The first-order chi connectivity index (χ1) is 16.4. The van der Waals surface area contributed by atoms with E-state index in [2.05, 4.69) is 5.32 Å². The zero-order chi connectivity index (χ0) is 24.0. The number of fused-ring (bicyclic) bond motifs is 1. The van der Waals surface area contributed by atoms with E-state index in [-0.39, 0.29) is 0 Å². The van der Waals surface area contributed by atoms with E-state index in [4.69, 9.17) is 27.9 Å². The second-order valence-electron chi connectivity index (χ2n) is 8.33. The number of anilines is 1. The first kappa shape index (κ1) is 22.6. The van der Waals surface area contributed by atoms with Crippen LogP contribution in [-0.4, -0.2) is 24.9 Å². The van der Waals surface area contributed by atoms with Gasteiger partial charge >= 0.3 is 5.97 Å². The number of methoxy groups -OCH3 is 1. The number of esters is 1. The second kappa shape index (κ2) is 8.55. The van der Waals surface area contributed by atoms with Gasteiger partial charge in [0.25, 0.3) is 0 Å². The van der Waals surface area contributed by atoms with Crippen molar-refractivity contribution in [2.75, 3.05) is 12.0 Å². The summed E-state index contributed by atoms with van der Waals surface area (Å²) in [6, 6.07) is 21.7. The van der Waals surface area contributed by atoms with Crippen LogP contribution in [-0.2, 0) is 24.7 Å². The molecule has 34 heavy (non-hydrogen) atoms. The molecule has 0 bridgehead atoms. The van der Waals surface area contributed by atoms with E-state index in [1.54, 1.807) is 66.7 Å². The Hall–Kier alpha value is -3.19. The number of halogens is 2. The summed E-state index contributed by atoms with van der Waals surface area (Å²) in [5.41, 5.74) is 0.0657. The molecule has 2 fully saturated rings. The van der Waals surface area contributed by atoms with Gasteiger partial charge in [-0.2, -0.15) is 0 Å². The number of nitrogens with one attached hydrogen (secondary N) is 1. The molecule has 0 radical (unpaired) electrons. The van der Waals surface area contributed by atoms with Crippen molar-refractivity contribution in [2.45, 2.75) is 11.6 Å². The van der Waals surface area contributed by atoms with Crippen molar-refractivity contribution in [1.29, 1.82) is 0 Å². The Kier molecular flexibility index (Phi) is 5.68. The molecule has 5 rings (SSSR count). The molecule has 0 unspecified atom stereocenters. The number of carbonyl (C=O) groups is 3. The first-order valence-electron chi connectivity index (χ1n) is 10.7. The van der Waals surface area contributed by atoms with Crippen LogP contribution in [0, 0.1) is 11.8 Å². The molecule has 2 saturated heterocycles. The summed E-state index contributed by atoms with van der Waals surface area (Å²) >= 11 is 12.3. The highest BCUT2D eigenvalue weighted by Crippen LogP contribution is 2.54. The molecule has 4 atom stereocenters. The number of benzene rings is 3. The van der Waals surface area contributed by atoms with Gasteiger partial charge in [0.05, 0.1) is 24.6 Å². The number of hydrogen-bond acceptors (Lipinski definition) is 5. The smallest absolute Gasteiger partial charge is 0.331 e. The molecule has 1 N–H and O–H groups in total. The van der Waals surface area contributed by atoms with Gasteiger partial charge in [-0.05, 0) is 47.5 Å². The maximum absolute atomic E-state index is 13.9. The molecule has 0 saturated carbocycles. The van der Waals surface area contributed by atoms with Crippen LogP contribution in [0.25, 0.3) is 0 Å². The fraction of sp³-hybridized carbons (Fsp3) is 0.192. The maximum Gasteiger partial charge on any atom is 0.331 e. The standard InChI is InChI=1S/C26H20Cl2N2O4/c1-34-25(33)26(16-7-3-2-4-8-16)21-20(22(29-26)15-6-5-9-18(28)14-15)23(31)30(24(21)32)19-12-10-17(27)11-13-19/h2-14,20-22,29H,1H3/t20-,21+,22-,26-/m0/s1. The molecule has 2 amide bonds. The van der Waals surface area contributed by atoms with Crippen molar-refractivity contribution in [1.82, 2.24) is 5.32 Å². The van der Waals surface area contributed by atoms with Crippen molar-refractivity contribution in [2.24, 2.45) is 11.8 Å². The number of ether oxygens (including phenoxy) is 1. The number of hydrogen-bond donors (Lipinski definition) is 1. The summed E-state index contributed by atoms with van der Waals surface area (Å²) in [6.07, 6.45) is 0. The van der Waals surface area contributed by atoms with Crippen LogP contribution in [0.5, 0.6) is 0 Å². The average Bonchev–Trinajstić information content (AvgIpc) is 3.34. The van der Waals surface area contributed by atoms with Gasteiger partial charge in [0.1, 0.15) is 0 Å². The Labute approximate surface area is 206 Å². The molecule has 0 aromatic heterocycles. The summed E-state index contributed by atoms with van der Waals surface area (Å²) < 4.78 is 5.22. The lowest BCUT2D eigenvalue weighted by molar-refractivity contribution is -0.152. The second-order valence-corrected chi connectivity index (χ2v) is 9.21. The molecule has 2 aliphatic rings. The summed E-state index contributed by atoms with van der Waals surface area (Å²) in [5, 5.41) is 4.30. The predicted octanol–water partition coefficient (Wildman–Crippen LogP) is 4.51. The molecule has 2 heterocycles. The summed E-state index contributed by atoms with van der Waals surface area (Å²) in [7, 11) is 1.27. The van der Waals surface area contributed by atoms with Crippen LogP contribution in [0.2, 0.25) is 10.0 Å². The number of amides is 2. The molecule has 172 valence electrons. The van der Waals surface area contributed by atoms with Gasteiger partial charge < -0.3 is 4.74 Å². The number of imide groups is 1. The summed E-state index contributed by atoms with van der Waals surface area (Å²) in [4.78, 5) is 42.4. The molecule has 2 aliphatic heterocycles.